The molecule has 16 heteroatoms. The van der Waals surface area contributed by atoms with E-state index in [2.05, 4.69) is 20.0 Å². The molecule has 2 aromatic heterocycles. The van der Waals surface area contributed by atoms with E-state index in [1.54, 1.807) is 55.9 Å². The minimum Gasteiger partial charge on any atom is -0.481 e. The number of aromatic nitrogens is 4. The van der Waals surface area contributed by atoms with Crippen LogP contribution in [0.25, 0.3) is 11.2 Å². The molecule has 47 heavy (non-hydrogen) atoms. The van der Waals surface area contributed by atoms with Gasteiger partial charge in [0, 0.05) is 12.8 Å². The molecule has 0 amide bonds. The summed E-state index contributed by atoms with van der Waals surface area (Å²) in [4.78, 5) is 44.9. The number of nitrogens with one attached hydrogen (secondary N) is 1. The third kappa shape index (κ3) is 15.4. The van der Waals surface area contributed by atoms with Gasteiger partial charge in [-0.1, -0.05) is 43.9 Å². The Labute approximate surface area is 274 Å². The number of rotatable bonds is 20. The number of ether oxygens (including phenoxy) is 2. The van der Waals surface area contributed by atoms with Gasteiger partial charge in [-0.2, -0.15) is 0 Å². The third-order valence-electron chi connectivity index (χ3n) is 6.54. The van der Waals surface area contributed by atoms with Gasteiger partial charge in [-0.3, -0.25) is 18.9 Å². The second-order valence-electron chi connectivity index (χ2n) is 11.3. The number of esters is 1. The van der Waals surface area contributed by atoms with E-state index < -0.39 is 31.5 Å². The normalized spacial score (nSPS) is 13.6. The Kier molecular flexibility index (Phi) is 16.8. The fourth-order valence-electron chi connectivity index (χ4n) is 4.27. The highest BCUT2D eigenvalue weighted by atomic mass is 31.2. The van der Waals surface area contributed by atoms with Gasteiger partial charge in [0.15, 0.2) is 11.5 Å². The molecule has 15 nitrogen and oxygen atoms in total. The molecule has 3 rings (SSSR count). The number of para-hydroxylation sites is 1. The van der Waals surface area contributed by atoms with Crippen molar-refractivity contribution in [2.75, 3.05) is 12.1 Å². The molecule has 1 aromatic carbocycles. The summed E-state index contributed by atoms with van der Waals surface area (Å²) >= 11 is 0. The summed E-state index contributed by atoms with van der Waals surface area (Å²) in [7, 11) is -3.64. The monoisotopic (exact) mass is 678 g/mol. The van der Waals surface area contributed by atoms with Crippen molar-refractivity contribution < 1.29 is 43.2 Å². The van der Waals surface area contributed by atoms with Crippen LogP contribution >= 0.6 is 7.52 Å². The lowest BCUT2D eigenvalue weighted by Crippen LogP contribution is -2.37. The summed E-state index contributed by atoms with van der Waals surface area (Å²) in [5, 5.41) is 19.5. The highest BCUT2D eigenvalue weighted by molar-refractivity contribution is 7.57. The molecule has 0 bridgehead atoms. The lowest BCUT2D eigenvalue weighted by Gasteiger charge is -2.25. The lowest BCUT2D eigenvalue weighted by atomic mass is 10.1. The zero-order chi connectivity index (χ0) is 34.8. The first-order valence-corrected chi connectivity index (χ1v) is 17.4. The van der Waals surface area contributed by atoms with Crippen LogP contribution in [0.2, 0.25) is 0 Å². The van der Waals surface area contributed by atoms with E-state index in [-0.39, 0.29) is 31.4 Å². The number of hydrogen-bond donors (Lipinski definition) is 4. The number of aliphatic carboxylic acids is 2. The molecule has 2 heterocycles. The van der Waals surface area contributed by atoms with Gasteiger partial charge in [-0.25, -0.2) is 20.0 Å². The van der Waals surface area contributed by atoms with Crippen LogP contribution in [0, 0.1) is 0 Å². The van der Waals surface area contributed by atoms with Crippen molar-refractivity contribution in [2.45, 2.75) is 104 Å². The number of benzene rings is 1. The van der Waals surface area contributed by atoms with Crippen LogP contribution < -0.4 is 15.3 Å². The summed E-state index contributed by atoms with van der Waals surface area (Å²) in [6.07, 6.45) is 7.83. The minimum absolute atomic E-state index is 0.245. The van der Waals surface area contributed by atoms with Crippen LogP contribution in [-0.4, -0.2) is 72.2 Å². The van der Waals surface area contributed by atoms with Crippen molar-refractivity contribution in [2.24, 2.45) is 0 Å². The van der Waals surface area contributed by atoms with E-state index in [4.69, 9.17) is 29.9 Å². The smallest absolute Gasteiger partial charge is 0.342 e. The Balaban J connectivity index is 0.000000463. The van der Waals surface area contributed by atoms with Crippen LogP contribution in [0.4, 0.5) is 5.82 Å². The van der Waals surface area contributed by atoms with Gasteiger partial charge in [0.05, 0.1) is 25.1 Å². The zero-order valence-corrected chi connectivity index (χ0v) is 28.3. The van der Waals surface area contributed by atoms with E-state index in [0.717, 1.165) is 38.5 Å². The molecule has 0 saturated heterocycles. The Hall–Kier alpha value is -4.07. The first-order valence-electron chi connectivity index (χ1n) is 15.6. The highest BCUT2D eigenvalue weighted by Gasteiger charge is 2.32. The fourth-order valence-corrected chi connectivity index (χ4v) is 6.06. The molecule has 5 N–H and O–H groups in total. The van der Waals surface area contributed by atoms with E-state index >= 15 is 0 Å². The molecule has 0 aliphatic heterocycles. The Morgan fingerprint density at radius 2 is 1.51 bits per heavy atom. The fraction of sp³-hybridized carbons (Fsp3) is 0.548. The van der Waals surface area contributed by atoms with Crippen molar-refractivity contribution in [1.82, 2.24) is 24.6 Å². The second kappa shape index (κ2) is 20.2. The van der Waals surface area contributed by atoms with Gasteiger partial charge < -0.3 is 34.5 Å². The van der Waals surface area contributed by atoms with Crippen molar-refractivity contribution in [3.63, 3.8) is 0 Å². The maximum absolute atomic E-state index is 13.6. The number of imidazole rings is 1. The van der Waals surface area contributed by atoms with Gasteiger partial charge in [0.1, 0.15) is 30.0 Å². The van der Waals surface area contributed by atoms with Crippen molar-refractivity contribution >= 4 is 42.4 Å². The summed E-state index contributed by atoms with van der Waals surface area (Å²) < 4.78 is 32.2. The van der Waals surface area contributed by atoms with Gasteiger partial charge in [0.25, 0.3) is 0 Å². The molecule has 0 fully saturated rings. The lowest BCUT2D eigenvalue weighted by molar-refractivity contribution is -0.149. The Morgan fingerprint density at radius 3 is 2.09 bits per heavy atom. The number of carbonyl (C=O) groups is 3. The molecule has 260 valence electrons. The number of nitrogen functional groups attached to an aromatic ring is 1. The standard InChI is InChI=1S/C21H29N6O5P.C10H18O4/c1-14(2)31-21(28)16(4)26-33(29,32-17-8-6-5-7-9-17)13-30-15(3)10-27-12-25-18-19(22)23-11-24-20(18)27;11-9(12)7-5-3-1-2-4-6-8-10(13)14/h5-9,11-12,14-16H,10,13H2,1-4H3,(H,26,29)(H2,22,23,24);1-8H2,(H,11,12)(H,13,14)/t15-,16+,33+;/m1./s1. The second-order valence-corrected chi connectivity index (χ2v) is 13.3. The number of carboxylic acid groups (broad SMARTS) is 2. The molecule has 3 atom stereocenters. The van der Waals surface area contributed by atoms with E-state index in [0.29, 0.717) is 29.3 Å². The van der Waals surface area contributed by atoms with Crippen LogP contribution in [0.5, 0.6) is 5.75 Å². The minimum atomic E-state index is -3.64. The molecule has 0 aliphatic rings. The number of anilines is 1. The Morgan fingerprint density at radius 1 is 0.915 bits per heavy atom. The topological polar surface area (TPSA) is 218 Å². The highest BCUT2D eigenvalue weighted by Crippen LogP contribution is 2.44. The number of nitrogens with zero attached hydrogens (tertiary/aromatic N) is 4. The van der Waals surface area contributed by atoms with Gasteiger partial charge in [-0.05, 0) is 52.7 Å². The number of carbonyl (C=O) groups excluding carboxylic acids is 1. The van der Waals surface area contributed by atoms with Gasteiger partial charge in [-0.15, -0.1) is 0 Å². The van der Waals surface area contributed by atoms with Crippen molar-refractivity contribution in [3.8, 4) is 5.75 Å². The van der Waals surface area contributed by atoms with Gasteiger partial charge >= 0.3 is 25.4 Å². The average Bonchev–Trinajstić information content (AvgIpc) is 3.41. The number of hydrogen-bond acceptors (Lipinski definition) is 11. The van der Waals surface area contributed by atoms with Crippen LogP contribution in [0.15, 0.2) is 43.0 Å². The van der Waals surface area contributed by atoms with Crippen LogP contribution in [0.3, 0.4) is 0 Å². The molecule has 0 spiro atoms. The quantitative estimate of drug-likeness (QED) is 0.0682. The molecular formula is C31H47N6O9P. The summed E-state index contributed by atoms with van der Waals surface area (Å²) in [5.41, 5.74) is 6.91. The predicted molar refractivity (Wildman–Crippen MR) is 176 cm³/mol. The molecular weight excluding hydrogens is 631 g/mol. The number of carboxylic acids is 2. The van der Waals surface area contributed by atoms with Crippen molar-refractivity contribution in [1.29, 1.82) is 0 Å². The largest absolute Gasteiger partial charge is 0.481 e. The van der Waals surface area contributed by atoms with E-state index in [1.165, 1.54) is 6.33 Å². The van der Waals surface area contributed by atoms with Crippen LogP contribution in [-0.2, 0) is 35.0 Å². The Bertz CT molecular complexity index is 1430. The molecule has 0 saturated carbocycles. The number of unbranched alkanes of at least 4 members (excludes halogenated alkanes) is 5. The van der Waals surface area contributed by atoms with Gasteiger partial charge in [0.2, 0.25) is 0 Å². The maximum atomic E-state index is 13.6. The molecule has 3 aromatic rings. The molecule has 0 unspecified atom stereocenters. The number of fused-ring (bicyclic) bond motifs is 1. The van der Waals surface area contributed by atoms with Crippen molar-refractivity contribution in [3.05, 3.63) is 43.0 Å². The average molecular weight is 679 g/mol. The first-order chi connectivity index (χ1) is 22.3. The third-order valence-corrected chi connectivity index (χ3v) is 8.31. The summed E-state index contributed by atoms with van der Waals surface area (Å²) in [5.74, 6) is -1.33. The summed E-state index contributed by atoms with van der Waals surface area (Å²) in [6.45, 7) is 7.25. The zero-order valence-electron chi connectivity index (χ0n) is 27.4. The van der Waals surface area contributed by atoms with Crippen LogP contribution in [0.1, 0.15) is 79.1 Å². The predicted octanol–water partition coefficient (Wildman–Crippen LogP) is 5.25. The molecule has 0 radical (unpaired) electrons. The van der Waals surface area contributed by atoms with E-state index in [9.17, 15) is 18.9 Å². The summed E-state index contributed by atoms with van der Waals surface area (Å²) in [6, 6.07) is 7.83. The molecule has 0 aliphatic carbocycles. The SMILES string of the molecule is CC(C)OC(=O)[C@H](C)N[P@](=O)(CO[C@H](C)Cn1cnc2c(N)ncnc21)Oc1ccccc1.O=C(O)CCCCCCCCC(=O)O. The van der Waals surface area contributed by atoms with E-state index in [1.807, 2.05) is 13.0 Å². The number of nitrogens with two attached hydrogens (primary N) is 1. The maximum Gasteiger partial charge on any atom is 0.342 e. The first kappa shape index (κ1) is 39.1.